The zero-order valence-corrected chi connectivity index (χ0v) is 18.3. The fraction of sp³-hybridized carbons (Fsp3) is 0.208. The highest BCUT2D eigenvalue weighted by Crippen LogP contribution is 2.30. The molecule has 4 aromatic rings. The van der Waals surface area contributed by atoms with E-state index in [-0.39, 0.29) is 11.3 Å². The van der Waals surface area contributed by atoms with E-state index in [1.165, 1.54) is 16.9 Å². The van der Waals surface area contributed by atoms with E-state index < -0.39 is 0 Å². The quantitative estimate of drug-likeness (QED) is 0.355. The van der Waals surface area contributed by atoms with Gasteiger partial charge >= 0.3 is 0 Å². The molecule has 0 radical (unpaired) electrons. The Morgan fingerprint density at radius 2 is 1.80 bits per heavy atom. The van der Waals surface area contributed by atoms with Gasteiger partial charge in [-0.25, -0.2) is 10.1 Å². The van der Waals surface area contributed by atoms with E-state index in [0.717, 1.165) is 27.2 Å². The molecule has 0 saturated heterocycles. The van der Waals surface area contributed by atoms with Gasteiger partial charge in [-0.1, -0.05) is 63.2 Å². The number of hydrogen-bond acceptors (Lipinski definition) is 4. The minimum atomic E-state index is -0.224. The minimum absolute atomic E-state index is 0.110. The molecule has 30 heavy (non-hydrogen) atoms. The fourth-order valence-electron chi connectivity index (χ4n) is 3.19. The van der Waals surface area contributed by atoms with Crippen LogP contribution in [0.3, 0.4) is 0 Å². The molecule has 0 bridgehead atoms. The monoisotopic (exact) mass is 416 g/mol. The summed E-state index contributed by atoms with van der Waals surface area (Å²) < 4.78 is 1.88. The minimum Gasteiger partial charge on any atom is -0.266 e. The number of amides is 1. The predicted molar refractivity (Wildman–Crippen MR) is 124 cm³/mol. The van der Waals surface area contributed by atoms with E-state index in [1.54, 1.807) is 6.21 Å². The highest BCUT2D eigenvalue weighted by Gasteiger charge is 2.17. The van der Waals surface area contributed by atoms with Crippen molar-refractivity contribution >= 4 is 33.7 Å². The van der Waals surface area contributed by atoms with Crippen LogP contribution < -0.4 is 5.43 Å². The number of rotatable bonds is 4. The first-order chi connectivity index (χ1) is 14.3. The number of carbonyl (C=O) groups is 1. The van der Waals surface area contributed by atoms with Crippen LogP contribution in [-0.4, -0.2) is 21.9 Å². The summed E-state index contributed by atoms with van der Waals surface area (Å²) in [5.74, 6) is -0.224. The van der Waals surface area contributed by atoms with Gasteiger partial charge in [-0.2, -0.15) is 10.2 Å². The summed E-state index contributed by atoms with van der Waals surface area (Å²) in [6.07, 6.45) is 1.66. The van der Waals surface area contributed by atoms with Gasteiger partial charge in [0.2, 0.25) is 0 Å². The van der Waals surface area contributed by atoms with Crippen molar-refractivity contribution in [3.05, 3.63) is 82.4 Å². The molecule has 0 aliphatic carbocycles. The van der Waals surface area contributed by atoms with E-state index in [0.29, 0.717) is 4.88 Å². The van der Waals surface area contributed by atoms with E-state index >= 15 is 0 Å². The van der Waals surface area contributed by atoms with Gasteiger partial charge < -0.3 is 0 Å². The van der Waals surface area contributed by atoms with Gasteiger partial charge in [0, 0.05) is 5.39 Å². The molecule has 0 aliphatic heterocycles. The number of nitrogens with zero attached hydrogens (tertiary/aromatic N) is 3. The zero-order chi connectivity index (χ0) is 21.3. The molecule has 2 aromatic carbocycles. The number of hydrazone groups is 1. The molecule has 0 saturated carbocycles. The Labute approximate surface area is 180 Å². The van der Waals surface area contributed by atoms with Crippen molar-refractivity contribution in [3.63, 3.8) is 0 Å². The second kappa shape index (κ2) is 7.88. The van der Waals surface area contributed by atoms with Gasteiger partial charge in [-0.05, 0) is 41.7 Å². The molecule has 6 heteroatoms. The van der Waals surface area contributed by atoms with Crippen LogP contribution in [0.5, 0.6) is 0 Å². The molecule has 1 N–H and O–H groups in total. The van der Waals surface area contributed by atoms with E-state index in [1.807, 2.05) is 60.1 Å². The zero-order valence-electron chi connectivity index (χ0n) is 17.5. The van der Waals surface area contributed by atoms with Gasteiger partial charge in [-0.15, -0.1) is 11.3 Å². The number of benzene rings is 2. The lowest BCUT2D eigenvalue weighted by Crippen LogP contribution is -2.16. The molecule has 152 valence electrons. The Bertz CT molecular complexity index is 1210. The summed E-state index contributed by atoms with van der Waals surface area (Å²) in [7, 11) is 0. The SMILES string of the molecule is Cc1nn(-c2ccccc2)c2sc(C(=O)NN=Cc3ccc(C(C)(C)C)cc3)cc12. The van der Waals surface area contributed by atoms with E-state index in [9.17, 15) is 4.79 Å². The number of para-hydroxylation sites is 1. The highest BCUT2D eigenvalue weighted by atomic mass is 32.1. The maximum Gasteiger partial charge on any atom is 0.281 e. The van der Waals surface area contributed by atoms with Crippen molar-refractivity contribution in [2.75, 3.05) is 0 Å². The molecule has 2 aromatic heterocycles. The number of aromatic nitrogens is 2. The lowest BCUT2D eigenvalue weighted by atomic mass is 9.87. The molecule has 4 rings (SSSR count). The van der Waals surface area contributed by atoms with Crippen molar-refractivity contribution in [3.8, 4) is 5.69 Å². The van der Waals surface area contributed by atoms with Crippen molar-refractivity contribution in [1.29, 1.82) is 0 Å². The lowest BCUT2D eigenvalue weighted by molar-refractivity contribution is 0.0959. The van der Waals surface area contributed by atoms with Crippen LogP contribution in [0, 0.1) is 6.92 Å². The van der Waals surface area contributed by atoms with Crippen LogP contribution in [-0.2, 0) is 5.41 Å². The van der Waals surface area contributed by atoms with Crippen molar-refractivity contribution in [2.24, 2.45) is 5.10 Å². The molecule has 0 fully saturated rings. The predicted octanol–water partition coefficient (Wildman–Crippen LogP) is 5.46. The van der Waals surface area contributed by atoms with Crippen molar-refractivity contribution in [1.82, 2.24) is 15.2 Å². The Balaban J connectivity index is 1.51. The van der Waals surface area contributed by atoms with Crippen LogP contribution >= 0.6 is 11.3 Å². The maximum atomic E-state index is 12.6. The van der Waals surface area contributed by atoms with Crippen molar-refractivity contribution in [2.45, 2.75) is 33.1 Å². The Morgan fingerprint density at radius 1 is 1.10 bits per heavy atom. The molecule has 0 atom stereocenters. The first-order valence-corrected chi connectivity index (χ1v) is 10.6. The second-order valence-electron chi connectivity index (χ2n) is 8.23. The van der Waals surface area contributed by atoms with Crippen LogP contribution in [0.25, 0.3) is 15.9 Å². The normalized spacial score (nSPS) is 12.0. The summed E-state index contributed by atoms with van der Waals surface area (Å²) >= 11 is 1.41. The number of carbonyl (C=O) groups excluding carboxylic acids is 1. The summed E-state index contributed by atoms with van der Waals surface area (Å²) in [6, 6.07) is 20.0. The second-order valence-corrected chi connectivity index (χ2v) is 9.26. The molecule has 1 amide bonds. The van der Waals surface area contributed by atoms with Crippen LogP contribution in [0.1, 0.15) is 47.3 Å². The smallest absolute Gasteiger partial charge is 0.266 e. The lowest BCUT2D eigenvalue weighted by Gasteiger charge is -2.18. The molecule has 0 aliphatic rings. The first-order valence-electron chi connectivity index (χ1n) is 9.81. The topological polar surface area (TPSA) is 59.3 Å². The number of fused-ring (bicyclic) bond motifs is 1. The average molecular weight is 417 g/mol. The van der Waals surface area contributed by atoms with Gasteiger partial charge in [0.15, 0.2) is 0 Å². The first kappa shape index (κ1) is 20.0. The van der Waals surface area contributed by atoms with Crippen LogP contribution in [0.2, 0.25) is 0 Å². The summed E-state index contributed by atoms with van der Waals surface area (Å²) in [5.41, 5.74) is 6.81. The van der Waals surface area contributed by atoms with Crippen LogP contribution in [0.15, 0.2) is 65.8 Å². The molecule has 5 nitrogen and oxygen atoms in total. The summed E-state index contributed by atoms with van der Waals surface area (Å²) in [5, 5.41) is 9.72. The Morgan fingerprint density at radius 3 is 2.47 bits per heavy atom. The average Bonchev–Trinajstić information content (AvgIpc) is 3.29. The van der Waals surface area contributed by atoms with Gasteiger partial charge in [0.05, 0.1) is 22.5 Å². The molecule has 2 heterocycles. The molecule has 0 spiro atoms. The third kappa shape index (κ3) is 4.04. The van der Waals surface area contributed by atoms with Crippen molar-refractivity contribution < 1.29 is 4.79 Å². The van der Waals surface area contributed by atoms with Gasteiger partial charge in [-0.3, -0.25) is 4.79 Å². The fourth-order valence-corrected chi connectivity index (χ4v) is 4.27. The summed E-state index contributed by atoms with van der Waals surface area (Å²) in [4.78, 5) is 14.2. The van der Waals surface area contributed by atoms with E-state index in [4.69, 9.17) is 0 Å². The third-order valence-corrected chi connectivity index (χ3v) is 6.03. The van der Waals surface area contributed by atoms with Crippen LogP contribution in [0.4, 0.5) is 0 Å². The number of aryl methyl sites for hydroxylation is 1. The Hall–Kier alpha value is -3.25. The molecule has 0 unspecified atom stereocenters. The standard InChI is InChI=1S/C24H24N4OS/c1-16-20-14-21(30-23(20)28(27-16)19-8-6-5-7-9-19)22(29)26-25-15-17-10-12-18(13-11-17)24(2,3)4/h5-15H,1-4H3,(H,26,29). The maximum absolute atomic E-state index is 12.6. The highest BCUT2D eigenvalue weighted by molar-refractivity contribution is 7.20. The Kier molecular flexibility index (Phi) is 5.26. The van der Waals surface area contributed by atoms with E-state index in [2.05, 4.69) is 48.5 Å². The number of hydrogen-bond donors (Lipinski definition) is 1. The number of nitrogens with one attached hydrogen (secondary N) is 1. The largest absolute Gasteiger partial charge is 0.281 e. The van der Waals surface area contributed by atoms with Gasteiger partial charge in [0.25, 0.3) is 5.91 Å². The number of thiophene rings is 1. The van der Waals surface area contributed by atoms with Gasteiger partial charge in [0.1, 0.15) is 4.83 Å². The molecular weight excluding hydrogens is 392 g/mol. The summed E-state index contributed by atoms with van der Waals surface area (Å²) in [6.45, 7) is 8.50. The third-order valence-electron chi connectivity index (χ3n) is 4.93. The molecular formula is C24H24N4OS.